The number of ether oxygens (including phenoxy) is 2. The highest BCUT2D eigenvalue weighted by Gasteiger charge is 2.19. The van der Waals surface area contributed by atoms with Crippen molar-refractivity contribution in [2.24, 2.45) is 0 Å². The molecule has 0 bridgehead atoms. The van der Waals surface area contributed by atoms with Crippen molar-refractivity contribution in [2.75, 3.05) is 38.3 Å². The summed E-state index contributed by atoms with van der Waals surface area (Å²) < 4.78 is 39.0. The summed E-state index contributed by atoms with van der Waals surface area (Å²) in [7, 11) is 1.49. The minimum absolute atomic E-state index is 0.127. The molecule has 2 heterocycles. The normalized spacial score (nSPS) is 14.2. The van der Waals surface area contributed by atoms with Gasteiger partial charge in [-0.1, -0.05) is 6.07 Å². The van der Waals surface area contributed by atoms with Gasteiger partial charge in [0, 0.05) is 31.3 Å². The van der Waals surface area contributed by atoms with Gasteiger partial charge in [-0.25, -0.2) is 13.3 Å². The lowest BCUT2D eigenvalue weighted by Crippen LogP contribution is -2.36. The van der Waals surface area contributed by atoms with Crippen LogP contribution in [-0.2, 0) is 11.2 Å². The van der Waals surface area contributed by atoms with Crippen molar-refractivity contribution in [2.45, 2.75) is 25.7 Å². The van der Waals surface area contributed by atoms with Gasteiger partial charge in [0.05, 0.1) is 31.4 Å². The second-order valence-electron chi connectivity index (χ2n) is 7.54. The Kier molecular flexibility index (Phi) is 6.46. The van der Waals surface area contributed by atoms with Crippen LogP contribution in [0, 0.1) is 11.6 Å². The first-order chi connectivity index (χ1) is 15.1. The maximum absolute atomic E-state index is 13.8. The van der Waals surface area contributed by atoms with Gasteiger partial charge in [-0.2, -0.15) is 4.98 Å². The number of unbranched alkanes of at least 4 members (excludes halogenated alkanes) is 1. The second kappa shape index (κ2) is 9.43. The van der Waals surface area contributed by atoms with Crippen LogP contribution in [0.5, 0.6) is 6.01 Å². The molecule has 0 radical (unpaired) electrons. The molecule has 164 valence electrons. The summed E-state index contributed by atoms with van der Waals surface area (Å²) in [6.07, 6.45) is 1.91. The Balaban J connectivity index is 1.44. The van der Waals surface area contributed by atoms with Crippen LogP contribution in [0.25, 0.3) is 11.0 Å². The predicted molar refractivity (Wildman–Crippen MR) is 114 cm³/mol. The van der Waals surface area contributed by atoms with Gasteiger partial charge in [0.2, 0.25) is 5.91 Å². The average molecular weight is 429 g/mol. The first kappa shape index (κ1) is 21.2. The molecule has 1 aliphatic rings. The molecule has 31 heavy (non-hydrogen) atoms. The number of carbonyl (C=O) groups is 1. The number of aryl methyl sites for hydroxylation is 1. The summed E-state index contributed by atoms with van der Waals surface area (Å²) in [6.45, 7) is 3.01. The third-order valence-corrected chi connectivity index (χ3v) is 5.52. The Bertz CT molecular complexity index is 1080. The molecule has 0 spiro atoms. The van der Waals surface area contributed by atoms with Crippen molar-refractivity contribution >= 4 is 22.6 Å². The highest BCUT2D eigenvalue weighted by atomic mass is 19.1. The zero-order valence-corrected chi connectivity index (χ0v) is 17.4. The fourth-order valence-corrected chi connectivity index (χ4v) is 3.87. The Morgan fingerprint density at radius 2 is 1.94 bits per heavy atom. The molecule has 1 fully saturated rings. The molecule has 1 aliphatic heterocycles. The molecule has 3 aromatic rings. The number of halogens is 2. The minimum atomic E-state index is -0.590. The zero-order chi connectivity index (χ0) is 21.8. The number of carbonyl (C=O) groups excluding carboxylic acids is 1. The van der Waals surface area contributed by atoms with Crippen molar-refractivity contribution in [3.8, 4) is 6.01 Å². The lowest BCUT2D eigenvalue weighted by atomic mass is 10.1. The van der Waals surface area contributed by atoms with E-state index in [9.17, 15) is 13.6 Å². The molecule has 6 nitrogen and oxygen atoms in total. The Morgan fingerprint density at radius 1 is 1.13 bits per heavy atom. The number of hydrogen-bond donors (Lipinski definition) is 0. The monoisotopic (exact) mass is 429 g/mol. The molecule has 2 aromatic carbocycles. The average Bonchev–Trinajstić information content (AvgIpc) is 3.16. The van der Waals surface area contributed by atoms with E-state index in [2.05, 4.69) is 9.88 Å². The van der Waals surface area contributed by atoms with Crippen molar-refractivity contribution in [1.29, 1.82) is 0 Å². The van der Waals surface area contributed by atoms with E-state index in [1.807, 2.05) is 18.2 Å². The van der Waals surface area contributed by atoms with Gasteiger partial charge in [-0.15, -0.1) is 0 Å². The predicted octanol–water partition coefficient (Wildman–Crippen LogP) is 4.21. The van der Waals surface area contributed by atoms with Crippen LogP contribution < -0.4 is 9.64 Å². The van der Waals surface area contributed by atoms with Crippen LogP contribution in [0.15, 0.2) is 36.4 Å². The van der Waals surface area contributed by atoms with E-state index in [-0.39, 0.29) is 18.3 Å². The minimum Gasteiger partial charge on any atom is -0.468 e. The van der Waals surface area contributed by atoms with E-state index >= 15 is 0 Å². The van der Waals surface area contributed by atoms with Gasteiger partial charge in [0.15, 0.2) is 0 Å². The van der Waals surface area contributed by atoms with Crippen molar-refractivity contribution < 1.29 is 23.0 Å². The Hall–Kier alpha value is -3.00. The smallest absolute Gasteiger partial charge is 0.304 e. The molecule has 0 N–H and O–H groups in total. The van der Waals surface area contributed by atoms with Gasteiger partial charge < -0.3 is 14.4 Å². The molecule has 0 amide bonds. The molecule has 0 atom stereocenters. The lowest BCUT2D eigenvalue weighted by Gasteiger charge is -2.28. The first-order valence-electron chi connectivity index (χ1n) is 10.4. The van der Waals surface area contributed by atoms with Crippen LogP contribution in [-0.4, -0.2) is 48.9 Å². The lowest BCUT2D eigenvalue weighted by molar-refractivity contribution is 0.0893. The number of fused-ring (bicyclic) bond motifs is 1. The van der Waals surface area contributed by atoms with E-state index in [1.54, 1.807) is 0 Å². The van der Waals surface area contributed by atoms with Crippen LogP contribution in [0.4, 0.5) is 14.5 Å². The van der Waals surface area contributed by atoms with Gasteiger partial charge in [-0.05, 0) is 49.1 Å². The van der Waals surface area contributed by atoms with Crippen molar-refractivity contribution in [3.63, 3.8) is 0 Å². The van der Waals surface area contributed by atoms with E-state index in [0.29, 0.717) is 49.1 Å². The molecule has 4 rings (SSSR count). The first-order valence-corrected chi connectivity index (χ1v) is 10.4. The summed E-state index contributed by atoms with van der Waals surface area (Å²) in [4.78, 5) is 19.6. The number of imidazole rings is 1. The van der Waals surface area contributed by atoms with Crippen LogP contribution in [0.2, 0.25) is 0 Å². The van der Waals surface area contributed by atoms with Gasteiger partial charge in [-0.3, -0.25) is 4.79 Å². The second-order valence-corrected chi connectivity index (χ2v) is 7.54. The standard InChI is InChI=1S/C23H25F2N3O3/c1-30-23-26-20-15-18(27-10-12-31-13-11-27)8-9-21(20)28(23)22(29)5-3-2-4-16-6-7-17(24)14-19(16)25/h6-9,14-15H,2-5,10-13H2,1H3. The van der Waals surface area contributed by atoms with Crippen molar-refractivity contribution in [1.82, 2.24) is 9.55 Å². The van der Waals surface area contributed by atoms with E-state index in [4.69, 9.17) is 9.47 Å². The fourth-order valence-electron chi connectivity index (χ4n) is 3.87. The number of anilines is 1. The van der Waals surface area contributed by atoms with E-state index in [0.717, 1.165) is 24.8 Å². The van der Waals surface area contributed by atoms with Crippen LogP contribution in [0.1, 0.15) is 29.6 Å². The number of methoxy groups -OCH3 is 1. The van der Waals surface area contributed by atoms with E-state index < -0.39 is 11.6 Å². The number of hydrogen-bond acceptors (Lipinski definition) is 5. The molecule has 0 saturated carbocycles. The molecular weight excluding hydrogens is 404 g/mol. The Labute approximate surface area is 179 Å². The Morgan fingerprint density at radius 3 is 2.68 bits per heavy atom. The van der Waals surface area contributed by atoms with Gasteiger partial charge >= 0.3 is 6.01 Å². The van der Waals surface area contributed by atoms with Crippen LogP contribution in [0.3, 0.4) is 0 Å². The van der Waals surface area contributed by atoms with Crippen LogP contribution >= 0.6 is 0 Å². The number of aromatic nitrogens is 2. The third-order valence-electron chi connectivity index (χ3n) is 5.52. The number of rotatable bonds is 7. The summed E-state index contributed by atoms with van der Waals surface area (Å²) in [5, 5.41) is 0. The quantitative estimate of drug-likeness (QED) is 0.527. The highest BCUT2D eigenvalue weighted by molar-refractivity contribution is 5.93. The maximum Gasteiger partial charge on any atom is 0.304 e. The maximum atomic E-state index is 13.8. The summed E-state index contributed by atoms with van der Waals surface area (Å²) in [5.41, 5.74) is 2.89. The molecule has 1 saturated heterocycles. The molecule has 0 aliphatic carbocycles. The SMILES string of the molecule is COc1nc2cc(N3CCOCC3)ccc2n1C(=O)CCCCc1ccc(F)cc1F. The summed E-state index contributed by atoms with van der Waals surface area (Å²) >= 11 is 0. The molecule has 8 heteroatoms. The third kappa shape index (κ3) is 4.69. The molecule has 1 aromatic heterocycles. The number of morpholine rings is 1. The number of benzene rings is 2. The largest absolute Gasteiger partial charge is 0.468 e. The molecule has 0 unspecified atom stereocenters. The van der Waals surface area contributed by atoms with Crippen molar-refractivity contribution in [3.05, 3.63) is 53.6 Å². The number of nitrogens with zero attached hydrogens (tertiary/aromatic N) is 3. The highest BCUT2D eigenvalue weighted by Crippen LogP contribution is 2.27. The van der Waals surface area contributed by atoms with Gasteiger partial charge in [0.25, 0.3) is 0 Å². The molecular formula is C23H25F2N3O3. The van der Waals surface area contributed by atoms with Gasteiger partial charge in [0.1, 0.15) is 11.6 Å². The topological polar surface area (TPSA) is 56.6 Å². The zero-order valence-electron chi connectivity index (χ0n) is 17.4. The summed E-state index contributed by atoms with van der Waals surface area (Å²) in [6, 6.07) is 9.67. The summed E-state index contributed by atoms with van der Waals surface area (Å²) in [5.74, 6) is -1.27. The van der Waals surface area contributed by atoms with E-state index in [1.165, 1.54) is 23.8 Å². The fraction of sp³-hybridized carbons (Fsp3) is 0.391.